The van der Waals surface area contributed by atoms with Gasteiger partial charge in [0.25, 0.3) is 5.91 Å². The van der Waals surface area contributed by atoms with E-state index < -0.39 is 0 Å². The summed E-state index contributed by atoms with van der Waals surface area (Å²) in [5.41, 5.74) is 1.79. The van der Waals surface area contributed by atoms with Gasteiger partial charge >= 0.3 is 0 Å². The summed E-state index contributed by atoms with van der Waals surface area (Å²) < 4.78 is 5.92. The van der Waals surface area contributed by atoms with Gasteiger partial charge in [0.05, 0.1) is 17.6 Å². The topological polar surface area (TPSA) is 38.3 Å². The molecule has 1 aromatic carbocycles. The van der Waals surface area contributed by atoms with E-state index in [0.717, 1.165) is 16.9 Å². The Labute approximate surface area is 152 Å². The van der Waals surface area contributed by atoms with Crippen LogP contribution in [0.4, 0.5) is 0 Å². The summed E-state index contributed by atoms with van der Waals surface area (Å²) in [6, 6.07) is 5.79. The summed E-state index contributed by atoms with van der Waals surface area (Å²) in [5, 5.41) is 2.63. The molecule has 24 heavy (non-hydrogen) atoms. The normalized spacial score (nSPS) is 19.8. The van der Waals surface area contributed by atoms with Crippen molar-refractivity contribution in [3.63, 3.8) is 0 Å². The smallest absolute Gasteiger partial charge is 0.263 e. The van der Waals surface area contributed by atoms with Crippen molar-refractivity contribution in [1.29, 1.82) is 0 Å². The lowest BCUT2D eigenvalue weighted by Crippen LogP contribution is -2.17. The van der Waals surface area contributed by atoms with Crippen LogP contribution in [0.1, 0.15) is 43.2 Å². The van der Waals surface area contributed by atoms with Crippen molar-refractivity contribution in [3.05, 3.63) is 34.2 Å². The average molecular weight is 358 g/mol. The van der Waals surface area contributed by atoms with Gasteiger partial charge in [0.1, 0.15) is 10.1 Å². The Balaban J connectivity index is 1.85. The lowest BCUT2D eigenvalue weighted by atomic mass is 9.89. The number of thiocarbonyl (C=S) groups is 1. The SMILES string of the molecule is COc1ccc(/C=C2\SC(=S)NC2=O)cc1C#CC1CCCCC1. The standard InChI is InChI=1S/C19H19NO2S2/c1-22-16-10-8-14(12-17-18(21)20-19(23)24-17)11-15(16)9-7-13-5-3-2-4-6-13/h8,10-13H,2-6H2,1H3,(H,20,21,23)/b17-12-. The van der Waals surface area contributed by atoms with Gasteiger partial charge in [-0.3, -0.25) is 4.79 Å². The number of benzene rings is 1. The Morgan fingerprint density at radius 2 is 2.12 bits per heavy atom. The Bertz CT molecular complexity index is 752. The molecule has 3 nitrogen and oxygen atoms in total. The van der Waals surface area contributed by atoms with E-state index in [-0.39, 0.29) is 5.91 Å². The molecule has 3 rings (SSSR count). The summed E-state index contributed by atoms with van der Waals surface area (Å²) in [6.07, 6.45) is 8.08. The number of hydrogen-bond donors (Lipinski definition) is 1. The highest BCUT2D eigenvalue weighted by Crippen LogP contribution is 2.28. The maximum absolute atomic E-state index is 11.8. The molecule has 124 valence electrons. The first kappa shape index (κ1) is 17.1. The highest BCUT2D eigenvalue weighted by Gasteiger charge is 2.22. The van der Waals surface area contributed by atoms with Gasteiger partial charge in [0, 0.05) is 5.92 Å². The zero-order chi connectivity index (χ0) is 16.9. The van der Waals surface area contributed by atoms with Gasteiger partial charge in [0.2, 0.25) is 0 Å². The van der Waals surface area contributed by atoms with Crippen molar-refractivity contribution in [1.82, 2.24) is 5.32 Å². The molecule has 5 heteroatoms. The predicted molar refractivity (Wildman–Crippen MR) is 103 cm³/mol. The summed E-state index contributed by atoms with van der Waals surface area (Å²) in [7, 11) is 1.65. The summed E-state index contributed by atoms with van der Waals surface area (Å²) in [6.45, 7) is 0. The minimum absolute atomic E-state index is 0.143. The third-order valence-corrected chi connectivity index (χ3v) is 5.34. The fraction of sp³-hybridized carbons (Fsp3) is 0.368. The first-order valence-electron chi connectivity index (χ1n) is 8.10. The fourth-order valence-electron chi connectivity index (χ4n) is 2.91. The second kappa shape index (κ2) is 7.87. The molecule has 1 N–H and O–H groups in total. The van der Waals surface area contributed by atoms with Crippen LogP contribution in [0.15, 0.2) is 23.1 Å². The molecule has 0 unspecified atom stereocenters. The molecule has 1 aromatic rings. The summed E-state index contributed by atoms with van der Waals surface area (Å²) in [5.74, 6) is 7.78. The Morgan fingerprint density at radius 1 is 1.33 bits per heavy atom. The van der Waals surface area contributed by atoms with Crippen LogP contribution >= 0.6 is 24.0 Å². The van der Waals surface area contributed by atoms with E-state index >= 15 is 0 Å². The zero-order valence-corrected chi connectivity index (χ0v) is 15.2. The molecule has 0 spiro atoms. The maximum atomic E-state index is 11.8. The molecule has 1 heterocycles. The van der Waals surface area contributed by atoms with Gasteiger partial charge in [-0.25, -0.2) is 0 Å². The van der Waals surface area contributed by atoms with Crippen molar-refractivity contribution in [2.75, 3.05) is 7.11 Å². The maximum Gasteiger partial charge on any atom is 0.263 e. The molecule has 0 bridgehead atoms. The van der Waals surface area contributed by atoms with Crippen molar-refractivity contribution >= 4 is 40.3 Å². The van der Waals surface area contributed by atoms with Crippen molar-refractivity contribution in [2.45, 2.75) is 32.1 Å². The van der Waals surface area contributed by atoms with E-state index in [1.165, 1.54) is 43.9 Å². The van der Waals surface area contributed by atoms with Gasteiger partial charge in [-0.05, 0) is 36.6 Å². The number of amides is 1. The van der Waals surface area contributed by atoms with E-state index in [4.69, 9.17) is 17.0 Å². The minimum Gasteiger partial charge on any atom is -0.495 e. The van der Waals surface area contributed by atoms with Gasteiger partial charge in [0.15, 0.2) is 0 Å². The Morgan fingerprint density at radius 3 is 2.79 bits per heavy atom. The molecule has 0 radical (unpaired) electrons. The fourth-order valence-corrected chi connectivity index (χ4v) is 3.96. The number of thioether (sulfide) groups is 1. The van der Waals surface area contributed by atoms with Crippen LogP contribution in [0.2, 0.25) is 0 Å². The van der Waals surface area contributed by atoms with E-state index in [1.54, 1.807) is 7.11 Å². The van der Waals surface area contributed by atoms with Crippen molar-refractivity contribution < 1.29 is 9.53 Å². The zero-order valence-electron chi connectivity index (χ0n) is 13.6. The highest BCUT2D eigenvalue weighted by molar-refractivity contribution is 8.26. The quantitative estimate of drug-likeness (QED) is 0.491. The van der Waals surface area contributed by atoms with Gasteiger partial charge < -0.3 is 10.1 Å². The minimum atomic E-state index is -0.143. The molecular weight excluding hydrogens is 338 g/mol. The first-order chi connectivity index (χ1) is 11.7. The van der Waals surface area contributed by atoms with E-state index in [0.29, 0.717) is 15.1 Å². The summed E-state index contributed by atoms with van der Waals surface area (Å²) in [4.78, 5) is 12.4. The molecule has 1 saturated carbocycles. The molecule has 0 atom stereocenters. The second-order valence-corrected chi connectivity index (χ2v) is 7.64. The number of carbonyl (C=O) groups is 1. The molecular formula is C19H19NO2S2. The van der Waals surface area contributed by atoms with E-state index in [9.17, 15) is 4.79 Å². The molecule has 1 aliphatic carbocycles. The van der Waals surface area contributed by atoms with Crippen LogP contribution in [-0.4, -0.2) is 17.3 Å². The average Bonchev–Trinajstić information content (AvgIpc) is 2.91. The molecule has 1 saturated heterocycles. The number of rotatable bonds is 2. The van der Waals surface area contributed by atoms with Crippen molar-refractivity contribution in [2.24, 2.45) is 5.92 Å². The molecule has 2 fully saturated rings. The van der Waals surface area contributed by atoms with Crippen LogP contribution in [0.3, 0.4) is 0 Å². The van der Waals surface area contributed by atoms with Crippen LogP contribution in [0, 0.1) is 17.8 Å². The number of hydrogen-bond acceptors (Lipinski definition) is 4. The largest absolute Gasteiger partial charge is 0.495 e. The van der Waals surface area contributed by atoms with Gasteiger partial charge in [-0.15, -0.1) is 0 Å². The lowest BCUT2D eigenvalue weighted by molar-refractivity contribution is -0.115. The van der Waals surface area contributed by atoms with Crippen LogP contribution < -0.4 is 10.1 Å². The number of nitrogens with one attached hydrogen (secondary N) is 1. The van der Waals surface area contributed by atoms with Gasteiger partial charge in [-0.2, -0.15) is 0 Å². The third kappa shape index (κ3) is 4.19. The van der Waals surface area contributed by atoms with Crippen LogP contribution in [0.25, 0.3) is 6.08 Å². The molecule has 2 aliphatic rings. The third-order valence-electron chi connectivity index (χ3n) is 4.18. The van der Waals surface area contributed by atoms with Gasteiger partial charge in [-0.1, -0.05) is 61.1 Å². The summed E-state index contributed by atoms with van der Waals surface area (Å²) >= 11 is 6.30. The lowest BCUT2D eigenvalue weighted by Gasteiger charge is -2.15. The molecule has 1 aliphatic heterocycles. The second-order valence-electron chi connectivity index (χ2n) is 5.92. The Kier molecular flexibility index (Phi) is 5.60. The number of methoxy groups -OCH3 is 1. The highest BCUT2D eigenvalue weighted by atomic mass is 32.2. The van der Waals surface area contributed by atoms with E-state index in [2.05, 4.69) is 17.2 Å². The molecule has 0 aromatic heterocycles. The number of carbonyl (C=O) groups excluding carboxylic acids is 1. The molecule has 1 amide bonds. The van der Waals surface area contributed by atoms with E-state index in [1.807, 2.05) is 24.3 Å². The predicted octanol–water partition coefficient (Wildman–Crippen LogP) is 4.12. The Hall–Kier alpha value is -1.77. The number of ether oxygens (including phenoxy) is 1. The van der Waals surface area contributed by atoms with Crippen molar-refractivity contribution in [3.8, 4) is 17.6 Å². The first-order valence-corrected chi connectivity index (χ1v) is 9.32. The van der Waals surface area contributed by atoms with Crippen LogP contribution in [0.5, 0.6) is 5.75 Å². The monoisotopic (exact) mass is 357 g/mol. The van der Waals surface area contributed by atoms with Crippen LogP contribution in [-0.2, 0) is 4.79 Å².